The molecule has 2 N–H and O–H groups in total. The van der Waals surface area contributed by atoms with Gasteiger partial charge in [0, 0.05) is 24.2 Å². The molecule has 2 aromatic rings. The van der Waals surface area contributed by atoms with Gasteiger partial charge in [-0.15, -0.1) is 10.2 Å². The second-order valence-corrected chi connectivity index (χ2v) is 8.85. The topological polar surface area (TPSA) is 87.2 Å². The van der Waals surface area contributed by atoms with Crippen LogP contribution in [-0.2, 0) is 6.42 Å². The first-order valence-electron chi connectivity index (χ1n) is 10.3. The number of hydrogen-bond donors (Lipinski definition) is 2. The van der Waals surface area contributed by atoms with E-state index < -0.39 is 0 Å². The van der Waals surface area contributed by atoms with Crippen molar-refractivity contribution in [3.63, 3.8) is 0 Å². The number of nitrogens with zero attached hydrogens (tertiary/aromatic N) is 3. The number of likely N-dealkylation sites (tertiary alicyclic amines) is 1. The molecule has 1 saturated heterocycles. The van der Waals surface area contributed by atoms with Gasteiger partial charge in [0.15, 0.2) is 0 Å². The van der Waals surface area contributed by atoms with Gasteiger partial charge in [-0.05, 0) is 69.1 Å². The van der Waals surface area contributed by atoms with Crippen LogP contribution in [-0.4, -0.2) is 53.1 Å². The Labute approximate surface area is 175 Å². The molecule has 8 heteroatoms. The van der Waals surface area contributed by atoms with E-state index in [0.29, 0.717) is 28.7 Å². The fourth-order valence-electron chi connectivity index (χ4n) is 3.28. The first-order chi connectivity index (χ1) is 14.0. The number of carbonyl (C=O) groups excluding carboxylic acids is 2. The summed E-state index contributed by atoms with van der Waals surface area (Å²) in [5.41, 5.74) is 1.21. The lowest BCUT2D eigenvalue weighted by molar-refractivity contribution is 0.0951. The summed E-state index contributed by atoms with van der Waals surface area (Å²) in [7, 11) is 0. The summed E-state index contributed by atoms with van der Waals surface area (Å²) in [6.45, 7) is 8.27. The molecule has 0 saturated carbocycles. The van der Waals surface area contributed by atoms with E-state index in [9.17, 15) is 9.59 Å². The van der Waals surface area contributed by atoms with E-state index in [2.05, 4.69) is 39.6 Å². The average molecular weight is 416 g/mol. The Morgan fingerprint density at radius 2 is 1.83 bits per heavy atom. The van der Waals surface area contributed by atoms with Crippen molar-refractivity contribution in [2.45, 2.75) is 39.5 Å². The molecule has 29 heavy (non-hydrogen) atoms. The van der Waals surface area contributed by atoms with Crippen LogP contribution in [0.15, 0.2) is 24.3 Å². The van der Waals surface area contributed by atoms with Gasteiger partial charge in [-0.25, -0.2) is 0 Å². The molecule has 0 radical (unpaired) electrons. The van der Waals surface area contributed by atoms with Crippen LogP contribution in [0.25, 0.3) is 0 Å². The van der Waals surface area contributed by atoms with Crippen LogP contribution >= 0.6 is 11.3 Å². The van der Waals surface area contributed by atoms with E-state index in [-0.39, 0.29) is 11.8 Å². The molecule has 1 aromatic heterocycles. The number of hydrogen-bond acceptors (Lipinski definition) is 6. The summed E-state index contributed by atoms with van der Waals surface area (Å²) in [6, 6.07) is 6.89. The Morgan fingerprint density at radius 1 is 1.10 bits per heavy atom. The maximum atomic E-state index is 12.3. The van der Waals surface area contributed by atoms with Crippen molar-refractivity contribution in [1.29, 1.82) is 0 Å². The second-order valence-electron chi connectivity index (χ2n) is 7.79. The third-order valence-corrected chi connectivity index (χ3v) is 5.73. The van der Waals surface area contributed by atoms with Crippen LogP contribution in [0.1, 0.15) is 58.3 Å². The summed E-state index contributed by atoms with van der Waals surface area (Å²) >= 11 is 1.31. The number of rotatable bonds is 9. The molecule has 0 spiro atoms. The Hall–Kier alpha value is -2.32. The lowest BCUT2D eigenvalue weighted by atomic mass is 10.1. The lowest BCUT2D eigenvalue weighted by Gasteiger charge is -2.14. The van der Waals surface area contributed by atoms with Crippen molar-refractivity contribution in [3.05, 3.63) is 39.8 Å². The molecule has 0 unspecified atom stereocenters. The van der Waals surface area contributed by atoms with Gasteiger partial charge in [0.05, 0.1) is 0 Å². The number of nitrogens with one attached hydrogen (secondary N) is 2. The van der Waals surface area contributed by atoms with Crippen molar-refractivity contribution in [1.82, 2.24) is 20.4 Å². The smallest absolute Gasteiger partial charge is 0.286 e. The van der Waals surface area contributed by atoms with E-state index >= 15 is 0 Å². The molecule has 156 valence electrons. The predicted octanol–water partition coefficient (Wildman–Crippen LogP) is 3.20. The van der Waals surface area contributed by atoms with E-state index in [4.69, 9.17) is 0 Å². The maximum Gasteiger partial charge on any atom is 0.286 e. The standard InChI is InChI=1S/C21H29N5O2S/c1-15(2)14-18-24-25-21(29-18)20(28)23-17-8-6-16(7-9-17)19(27)22-10-5-13-26-11-3-4-12-26/h6-9,15H,3-5,10-14H2,1-2H3,(H,22,27)(H,23,28). The molecule has 7 nitrogen and oxygen atoms in total. The highest BCUT2D eigenvalue weighted by Crippen LogP contribution is 2.16. The third kappa shape index (κ3) is 6.61. The fourth-order valence-corrected chi connectivity index (χ4v) is 4.23. The van der Waals surface area contributed by atoms with Crippen molar-refractivity contribution in [3.8, 4) is 0 Å². The minimum absolute atomic E-state index is 0.0910. The van der Waals surface area contributed by atoms with Crippen molar-refractivity contribution in [2.24, 2.45) is 5.92 Å². The molecule has 3 rings (SSSR count). The number of anilines is 1. The molecule has 0 atom stereocenters. The van der Waals surface area contributed by atoms with Gasteiger partial charge in [0.1, 0.15) is 5.01 Å². The zero-order chi connectivity index (χ0) is 20.6. The SMILES string of the molecule is CC(C)Cc1nnc(C(=O)Nc2ccc(C(=O)NCCCN3CCCC3)cc2)s1. The van der Waals surface area contributed by atoms with Crippen LogP contribution in [0.3, 0.4) is 0 Å². The van der Waals surface area contributed by atoms with Gasteiger partial charge in [-0.3, -0.25) is 9.59 Å². The lowest BCUT2D eigenvalue weighted by Crippen LogP contribution is -2.28. The highest BCUT2D eigenvalue weighted by atomic mass is 32.1. The Balaban J connectivity index is 1.44. The van der Waals surface area contributed by atoms with E-state index in [1.807, 2.05) is 0 Å². The fraction of sp³-hybridized carbons (Fsp3) is 0.524. The largest absolute Gasteiger partial charge is 0.352 e. The number of amides is 2. The number of aromatic nitrogens is 2. The molecule has 1 aliphatic rings. The zero-order valence-electron chi connectivity index (χ0n) is 17.1. The van der Waals surface area contributed by atoms with Gasteiger partial charge < -0.3 is 15.5 Å². The molecule has 2 amide bonds. The average Bonchev–Trinajstić information content (AvgIpc) is 3.37. The third-order valence-electron chi connectivity index (χ3n) is 4.78. The molecule has 2 heterocycles. The van der Waals surface area contributed by atoms with Gasteiger partial charge >= 0.3 is 0 Å². The second kappa shape index (κ2) is 10.5. The summed E-state index contributed by atoms with van der Waals surface area (Å²) in [6.07, 6.45) is 4.34. The molecule has 0 aliphatic carbocycles. The van der Waals surface area contributed by atoms with Crippen LogP contribution < -0.4 is 10.6 Å². The minimum Gasteiger partial charge on any atom is -0.352 e. The molecular formula is C21H29N5O2S. The summed E-state index contributed by atoms with van der Waals surface area (Å²) in [5, 5.41) is 15.0. The maximum absolute atomic E-state index is 12.3. The number of benzene rings is 1. The molecule has 1 aromatic carbocycles. The van der Waals surface area contributed by atoms with Crippen molar-refractivity contribution in [2.75, 3.05) is 31.5 Å². The Bertz CT molecular complexity index is 813. The summed E-state index contributed by atoms with van der Waals surface area (Å²) < 4.78 is 0. The minimum atomic E-state index is -0.281. The van der Waals surface area contributed by atoms with E-state index in [0.717, 1.165) is 24.4 Å². The highest BCUT2D eigenvalue weighted by molar-refractivity contribution is 7.13. The Kier molecular flexibility index (Phi) is 7.71. The normalized spacial score (nSPS) is 14.3. The molecule has 1 aliphatic heterocycles. The predicted molar refractivity (Wildman–Crippen MR) is 115 cm³/mol. The van der Waals surface area contributed by atoms with E-state index in [1.54, 1.807) is 24.3 Å². The monoisotopic (exact) mass is 415 g/mol. The van der Waals surface area contributed by atoms with Crippen LogP contribution in [0.5, 0.6) is 0 Å². The van der Waals surface area contributed by atoms with Gasteiger partial charge in [-0.1, -0.05) is 25.2 Å². The quantitative estimate of drug-likeness (QED) is 0.614. The first-order valence-corrected chi connectivity index (χ1v) is 11.1. The number of carbonyl (C=O) groups is 2. The summed E-state index contributed by atoms with van der Waals surface area (Å²) in [4.78, 5) is 27.0. The molecule has 1 fully saturated rings. The van der Waals surface area contributed by atoms with Crippen molar-refractivity contribution < 1.29 is 9.59 Å². The van der Waals surface area contributed by atoms with E-state index in [1.165, 1.54) is 37.3 Å². The first kappa shape index (κ1) is 21.4. The van der Waals surface area contributed by atoms with Gasteiger partial charge in [-0.2, -0.15) is 0 Å². The van der Waals surface area contributed by atoms with Crippen LogP contribution in [0.4, 0.5) is 5.69 Å². The highest BCUT2D eigenvalue weighted by Gasteiger charge is 2.14. The molecule has 0 bridgehead atoms. The van der Waals surface area contributed by atoms with Crippen molar-refractivity contribution >= 4 is 28.8 Å². The van der Waals surface area contributed by atoms with Gasteiger partial charge in [0.2, 0.25) is 5.01 Å². The molecular weight excluding hydrogens is 386 g/mol. The summed E-state index contributed by atoms with van der Waals surface area (Å²) in [5.74, 6) is 0.0983. The Morgan fingerprint density at radius 3 is 2.52 bits per heavy atom. The van der Waals surface area contributed by atoms with Gasteiger partial charge in [0.25, 0.3) is 11.8 Å². The zero-order valence-corrected chi connectivity index (χ0v) is 17.9. The van der Waals surface area contributed by atoms with Crippen LogP contribution in [0, 0.1) is 5.92 Å². The van der Waals surface area contributed by atoms with Crippen LogP contribution in [0.2, 0.25) is 0 Å².